The summed E-state index contributed by atoms with van der Waals surface area (Å²) in [5, 5.41) is 9.06. The molecule has 1 aliphatic rings. The summed E-state index contributed by atoms with van der Waals surface area (Å²) in [6.07, 6.45) is 2.59. The van der Waals surface area contributed by atoms with E-state index in [-0.39, 0.29) is 12.0 Å². The quantitative estimate of drug-likeness (QED) is 0.864. The van der Waals surface area contributed by atoms with Gasteiger partial charge >= 0.3 is 5.97 Å². The topological polar surface area (TPSA) is 53.4 Å². The van der Waals surface area contributed by atoms with Crippen LogP contribution in [0, 0.1) is 12.8 Å². The monoisotopic (exact) mass is 234 g/mol. The molecular formula is C13H18N2O2. The number of hydrogen-bond acceptors (Lipinski definition) is 3. The van der Waals surface area contributed by atoms with Crippen molar-refractivity contribution in [2.24, 2.45) is 5.92 Å². The number of carboxylic acid groups (broad SMARTS) is 1. The van der Waals surface area contributed by atoms with Gasteiger partial charge in [-0.1, -0.05) is 6.07 Å². The molecule has 1 fully saturated rings. The van der Waals surface area contributed by atoms with Gasteiger partial charge in [0.05, 0.1) is 11.6 Å². The van der Waals surface area contributed by atoms with Gasteiger partial charge in [-0.3, -0.25) is 14.7 Å². The highest BCUT2D eigenvalue weighted by Gasteiger charge is 2.35. The second-order valence-corrected chi connectivity index (χ2v) is 4.77. The number of rotatable bonds is 3. The standard InChI is InChI=1S/C13H18N2O2/c1-9-3-4-11(14-7-9)8-15-6-5-12(10(15)2)13(16)17/h3-4,7,10,12H,5-6,8H2,1-2H3,(H,16,17). The van der Waals surface area contributed by atoms with Crippen molar-refractivity contribution in [3.05, 3.63) is 29.6 Å². The van der Waals surface area contributed by atoms with Crippen molar-refractivity contribution < 1.29 is 9.90 Å². The Labute approximate surface area is 101 Å². The van der Waals surface area contributed by atoms with E-state index in [4.69, 9.17) is 5.11 Å². The SMILES string of the molecule is Cc1ccc(CN2CCC(C(=O)O)C2C)nc1. The first-order chi connectivity index (χ1) is 8.08. The molecule has 2 unspecified atom stereocenters. The molecule has 4 heteroatoms. The highest BCUT2D eigenvalue weighted by Crippen LogP contribution is 2.25. The molecule has 1 aromatic heterocycles. The fourth-order valence-electron chi connectivity index (χ4n) is 2.36. The minimum atomic E-state index is -0.683. The maximum atomic E-state index is 11.0. The lowest BCUT2D eigenvalue weighted by Gasteiger charge is -2.22. The molecule has 0 radical (unpaired) electrons. The van der Waals surface area contributed by atoms with Crippen molar-refractivity contribution in [1.29, 1.82) is 0 Å². The van der Waals surface area contributed by atoms with Gasteiger partial charge in [0.25, 0.3) is 0 Å². The zero-order chi connectivity index (χ0) is 12.4. The third-order valence-electron chi connectivity index (χ3n) is 3.54. The van der Waals surface area contributed by atoms with Crippen molar-refractivity contribution in [3.8, 4) is 0 Å². The Bertz CT molecular complexity index is 402. The molecular weight excluding hydrogens is 216 g/mol. The molecule has 1 aliphatic heterocycles. The maximum Gasteiger partial charge on any atom is 0.308 e. The van der Waals surface area contributed by atoms with Gasteiger partial charge in [0, 0.05) is 18.8 Å². The van der Waals surface area contributed by atoms with E-state index in [1.165, 1.54) is 0 Å². The Kier molecular flexibility index (Phi) is 3.43. The Morgan fingerprint density at radius 1 is 1.59 bits per heavy atom. The van der Waals surface area contributed by atoms with Crippen LogP contribution in [-0.2, 0) is 11.3 Å². The van der Waals surface area contributed by atoms with Crippen LogP contribution in [0.4, 0.5) is 0 Å². The van der Waals surface area contributed by atoms with Crippen molar-refractivity contribution in [1.82, 2.24) is 9.88 Å². The van der Waals surface area contributed by atoms with Crippen LogP contribution in [0.2, 0.25) is 0 Å². The predicted molar refractivity (Wildman–Crippen MR) is 64.6 cm³/mol. The normalized spacial score (nSPS) is 25.1. The molecule has 17 heavy (non-hydrogen) atoms. The summed E-state index contributed by atoms with van der Waals surface area (Å²) in [7, 11) is 0. The minimum absolute atomic E-state index is 0.0932. The van der Waals surface area contributed by atoms with E-state index in [2.05, 4.69) is 9.88 Å². The van der Waals surface area contributed by atoms with E-state index in [0.29, 0.717) is 0 Å². The third-order valence-corrected chi connectivity index (χ3v) is 3.54. The van der Waals surface area contributed by atoms with Gasteiger partial charge in [0.2, 0.25) is 0 Å². The van der Waals surface area contributed by atoms with E-state index in [1.54, 1.807) is 0 Å². The van der Waals surface area contributed by atoms with Gasteiger partial charge in [-0.05, 0) is 38.4 Å². The van der Waals surface area contributed by atoms with E-state index in [0.717, 1.165) is 30.8 Å². The van der Waals surface area contributed by atoms with Gasteiger partial charge < -0.3 is 5.11 Å². The molecule has 1 aromatic rings. The lowest BCUT2D eigenvalue weighted by molar-refractivity contribution is -0.142. The van der Waals surface area contributed by atoms with Gasteiger partial charge in [-0.25, -0.2) is 0 Å². The predicted octanol–water partition coefficient (Wildman–Crippen LogP) is 1.69. The summed E-state index contributed by atoms with van der Waals surface area (Å²) in [5.74, 6) is -0.919. The number of aromatic nitrogens is 1. The molecule has 92 valence electrons. The first-order valence-corrected chi connectivity index (χ1v) is 5.96. The van der Waals surface area contributed by atoms with Crippen molar-refractivity contribution in [2.45, 2.75) is 32.9 Å². The molecule has 2 heterocycles. The van der Waals surface area contributed by atoms with Crippen LogP contribution in [0.15, 0.2) is 18.3 Å². The second-order valence-electron chi connectivity index (χ2n) is 4.77. The van der Waals surface area contributed by atoms with Crippen LogP contribution in [0.25, 0.3) is 0 Å². The number of aliphatic carboxylic acids is 1. The molecule has 0 saturated carbocycles. The van der Waals surface area contributed by atoms with Crippen LogP contribution >= 0.6 is 0 Å². The number of aryl methyl sites for hydroxylation is 1. The molecule has 2 rings (SSSR count). The summed E-state index contributed by atoms with van der Waals surface area (Å²) in [6, 6.07) is 4.14. The highest BCUT2D eigenvalue weighted by atomic mass is 16.4. The summed E-state index contributed by atoms with van der Waals surface area (Å²) in [6.45, 7) is 5.58. The zero-order valence-electron chi connectivity index (χ0n) is 10.3. The van der Waals surface area contributed by atoms with Crippen molar-refractivity contribution in [3.63, 3.8) is 0 Å². The fourth-order valence-corrected chi connectivity index (χ4v) is 2.36. The van der Waals surface area contributed by atoms with Gasteiger partial charge in [-0.15, -0.1) is 0 Å². The molecule has 1 saturated heterocycles. The van der Waals surface area contributed by atoms with Crippen molar-refractivity contribution >= 4 is 5.97 Å². The third kappa shape index (κ3) is 2.64. The first kappa shape index (κ1) is 12.0. The van der Waals surface area contributed by atoms with Crippen LogP contribution in [0.5, 0.6) is 0 Å². The Balaban J connectivity index is 2.01. The Morgan fingerprint density at radius 3 is 2.88 bits per heavy atom. The number of likely N-dealkylation sites (tertiary alicyclic amines) is 1. The van der Waals surface area contributed by atoms with Crippen LogP contribution in [0.1, 0.15) is 24.6 Å². The van der Waals surface area contributed by atoms with Crippen molar-refractivity contribution in [2.75, 3.05) is 6.54 Å². The molecule has 1 N–H and O–H groups in total. The average molecular weight is 234 g/mol. The lowest BCUT2D eigenvalue weighted by Crippen LogP contribution is -2.32. The number of hydrogen-bond donors (Lipinski definition) is 1. The number of nitrogens with zero attached hydrogens (tertiary/aromatic N) is 2. The smallest absolute Gasteiger partial charge is 0.308 e. The van der Waals surface area contributed by atoms with Gasteiger partial charge in [-0.2, -0.15) is 0 Å². The largest absolute Gasteiger partial charge is 0.481 e. The van der Waals surface area contributed by atoms with Gasteiger partial charge in [0.15, 0.2) is 0 Å². The number of carbonyl (C=O) groups is 1. The van der Waals surface area contributed by atoms with Crippen LogP contribution in [0.3, 0.4) is 0 Å². The summed E-state index contributed by atoms with van der Waals surface area (Å²) in [5.41, 5.74) is 2.15. The fraction of sp³-hybridized carbons (Fsp3) is 0.538. The molecule has 0 bridgehead atoms. The summed E-state index contributed by atoms with van der Waals surface area (Å²) in [4.78, 5) is 17.6. The molecule has 0 aliphatic carbocycles. The number of pyridine rings is 1. The van der Waals surface area contributed by atoms with E-state index < -0.39 is 5.97 Å². The molecule has 0 amide bonds. The first-order valence-electron chi connectivity index (χ1n) is 5.96. The van der Waals surface area contributed by atoms with Crippen LogP contribution in [-0.4, -0.2) is 33.5 Å². The Hall–Kier alpha value is -1.42. The lowest BCUT2D eigenvalue weighted by atomic mass is 10.0. The van der Waals surface area contributed by atoms with Crippen LogP contribution < -0.4 is 0 Å². The highest BCUT2D eigenvalue weighted by molar-refractivity contribution is 5.71. The van der Waals surface area contributed by atoms with Gasteiger partial charge in [0.1, 0.15) is 0 Å². The number of carboxylic acids is 1. The molecule has 0 aromatic carbocycles. The summed E-state index contributed by atoms with van der Waals surface area (Å²) >= 11 is 0. The average Bonchev–Trinajstić information content (AvgIpc) is 2.64. The second kappa shape index (κ2) is 4.84. The molecule has 0 spiro atoms. The minimum Gasteiger partial charge on any atom is -0.481 e. The van der Waals surface area contributed by atoms with E-state index in [9.17, 15) is 4.79 Å². The maximum absolute atomic E-state index is 11.0. The van der Waals surface area contributed by atoms with E-state index in [1.807, 2.05) is 32.2 Å². The Morgan fingerprint density at radius 2 is 2.35 bits per heavy atom. The molecule has 2 atom stereocenters. The summed E-state index contributed by atoms with van der Waals surface area (Å²) < 4.78 is 0. The zero-order valence-corrected chi connectivity index (χ0v) is 10.3. The molecule has 4 nitrogen and oxygen atoms in total. The van der Waals surface area contributed by atoms with E-state index >= 15 is 0 Å².